The van der Waals surface area contributed by atoms with E-state index in [-0.39, 0.29) is 11.1 Å². The van der Waals surface area contributed by atoms with Crippen molar-refractivity contribution in [3.8, 4) is 0 Å². The van der Waals surface area contributed by atoms with Crippen LogP contribution < -0.4 is 0 Å². The number of rotatable bonds is 9. The van der Waals surface area contributed by atoms with Gasteiger partial charge in [0.1, 0.15) is 0 Å². The van der Waals surface area contributed by atoms with E-state index in [1.165, 1.54) is 19.2 Å². The minimum atomic E-state index is -4.54. The smallest absolute Gasteiger partial charge is 0.416 e. The normalized spacial score (nSPS) is 22.2. The van der Waals surface area contributed by atoms with Crippen molar-refractivity contribution in [3.63, 3.8) is 0 Å². The number of aliphatic carboxylic acids is 1. The number of alkyl halides is 3. The maximum Gasteiger partial charge on any atom is 0.416 e. The second kappa shape index (κ2) is 13.6. The van der Waals surface area contributed by atoms with E-state index in [2.05, 4.69) is 33.7 Å². The molecule has 0 amide bonds. The van der Waals surface area contributed by atoms with Gasteiger partial charge in [-0.05, 0) is 31.8 Å². The van der Waals surface area contributed by atoms with Crippen LogP contribution in [0.4, 0.5) is 13.2 Å². The highest BCUT2D eigenvalue weighted by Gasteiger charge is 2.41. The maximum absolute atomic E-state index is 13.4. The van der Waals surface area contributed by atoms with Gasteiger partial charge in [-0.15, -0.1) is 0 Å². The topological polar surface area (TPSA) is 79.8 Å². The van der Waals surface area contributed by atoms with E-state index in [9.17, 15) is 27.9 Å². The number of hydrogen-bond donors (Lipinski definition) is 1. The number of carbonyl (C=O) groups excluding carboxylic acids is 1. The van der Waals surface area contributed by atoms with Crippen molar-refractivity contribution in [2.45, 2.75) is 24.9 Å². The van der Waals surface area contributed by atoms with Gasteiger partial charge in [0.2, 0.25) is 0 Å². The molecule has 3 aliphatic heterocycles. The zero-order valence-corrected chi connectivity index (χ0v) is 24.9. The summed E-state index contributed by atoms with van der Waals surface area (Å²) in [5.74, 6) is -2.96. The predicted molar refractivity (Wildman–Crippen MR) is 153 cm³/mol. The molecule has 0 aliphatic carbocycles. The number of carbonyl (C=O) groups is 2. The van der Waals surface area contributed by atoms with Gasteiger partial charge in [0.15, 0.2) is 0 Å². The van der Waals surface area contributed by atoms with Crippen molar-refractivity contribution >= 4 is 11.9 Å². The number of esters is 1. The number of carboxylic acid groups (broad SMARTS) is 1. The lowest BCUT2D eigenvalue weighted by Crippen LogP contribution is -2.46. The Labute approximate surface area is 245 Å². The number of benzene rings is 1. The summed E-state index contributed by atoms with van der Waals surface area (Å²) in [5.41, 5.74) is 0.832. The Morgan fingerprint density at radius 1 is 0.810 bits per heavy atom. The number of piperazine rings is 2. The third-order valence-electron chi connectivity index (χ3n) is 8.74. The van der Waals surface area contributed by atoms with Crippen LogP contribution in [0.25, 0.3) is 0 Å². The number of likely N-dealkylation sites (N-methyl/N-ethyl adjacent to an activating group) is 2. The van der Waals surface area contributed by atoms with Crippen LogP contribution in [0, 0.1) is 0 Å². The first-order valence-corrected chi connectivity index (χ1v) is 14.4. The van der Waals surface area contributed by atoms with Gasteiger partial charge < -0.3 is 34.3 Å². The summed E-state index contributed by atoms with van der Waals surface area (Å²) in [6, 6.07) is 4.44. The molecule has 1 unspecified atom stereocenters. The summed E-state index contributed by atoms with van der Waals surface area (Å²) >= 11 is 0. The number of methoxy groups -OCH3 is 1. The number of nitrogens with zero attached hydrogens (tertiary/aromatic N) is 5. The molecule has 1 aromatic carbocycles. The van der Waals surface area contributed by atoms with Crippen molar-refractivity contribution in [2.75, 3.05) is 93.7 Å². The number of halogens is 3. The summed E-state index contributed by atoms with van der Waals surface area (Å²) in [7, 11) is 7.17. The number of hydrogen-bond acceptors (Lipinski definition) is 8. The molecule has 12 heteroatoms. The molecule has 1 aromatic rings. The van der Waals surface area contributed by atoms with Crippen LogP contribution in [0.1, 0.15) is 29.9 Å². The Morgan fingerprint density at radius 3 is 1.67 bits per heavy atom. The van der Waals surface area contributed by atoms with Gasteiger partial charge in [0.25, 0.3) is 0 Å². The average Bonchev–Trinajstić information content (AvgIpc) is 2.96. The summed E-state index contributed by atoms with van der Waals surface area (Å²) in [4.78, 5) is 37.3. The lowest BCUT2D eigenvalue weighted by atomic mass is 9.78. The first-order valence-electron chi connectivity index (χ1n) is 14.4. The molecule has 9 nitrogen and oxygen atoms in total. The van der Waals surface area contributed by atoms with Gasteiger partial charge >= 0.3 is 18.1 Å². The molecule has 0 aromatic heterocycles. The third-order valence-corrected chi connectivity index (χ3v) is 8.74. The highest BCUT2D eigenvalue weighted by Crippen LogP contribution is 2.44. The standard InChI is InChI=1S/C30H42F3N5O4/c1-34-13-17-37(18-14-34)11-9-23-26(28(39)40)25(21-5-7-22(8-6-21)30(31,32)33)27(29(41)42-4)24(36(23)3)10-12-38-19-15-35(2)16-20-38/h5-8,25H,9-20H2,1-4H3,(H,39,40). The van der Waals surface area contributed by atoms with Crippen molar-refractivity contribution in [2.24, 2.45) is 0 Å². The molecule has 1 atom stereocenters. The first-order chi connectivity index (χ1) is 19.9. The minimum absolute atomic E-state index is 0.00451. The van der Waals surface area contributed by atoms with Crippen LogP contribution in [0.5, 0.6) is 0 Å². The van der Waals surface area contributed by atoms with Gasteiger partial charge in [-0.1, -0.05) is 12.1 Å². The van der Waals surface area contributed by atoms with E-state index in [1.807, 2.05) is 4.90 Å². The van der Waals surface area contributed by atoms with Crippen molar-refractivity contribution < 1.29 is 32.6 Å². The second-order valence-electron chi connectivity index (χ2n) is 11.4. The van der Waals surface area contributed by atoms with Gasteiger partial charge in [-0.2, -0.15) is 13.2 Å². The molecule has 3 heterocycles. The molecular formula is C30H42F3N5O4. The summed E-state index contributed by atoms with van der Waals surface area (Å²) < 4.78 is 45.4. The Morgan fingerprint density at radius 2 is 1.26 bits per heavy atom. The molecule has 0 spiro atoms. The monoisotopic (exact) mass is 593 g/mol. The highest BCUT2D eigenvalue weighted by atomic mass is 19.4. The van der Waals surface area contributed by atoms with Crippen LogP contribution in [0.15, 0.2) is 46.8 Å². The fourth-order valence-electron chi connectivity index (χ4n) is 6.07. The molecule has 42 heavy (non-hydrogen) atoms. The molecule has 2 saturated heterocycles. The summed E-state index contributed by atoms with van der Waals surface area (Å²) in [5, 5.41) is 10.6. The van der Waals surface area contributed by atoms with Gasteiger partial charge in [-0.25, -0.2) is 9.59 Å². The highest BCUT2D eigenvalue weighted by molar-refractivity contribution is 5.99. The second-order valence-corrected chi connectivity index (χ2v) is 11.4. The largest absolute Gasteiger partial charge is 0.478 e. The molecule has 1 N–H and O–H groups in total. The fourth-order valence-corrected chi connectivity index (χ4v) is 6.07. The number of carboxylic acids is 1. The van der Waals surface area contributed by atoms with Gasteiger partial charge in [-0.3, -0.25) is 0 Å². The SMILES string of the molecule is COC(=O)C1=C(CCN2CCN(C)CC2)N(C)C(CCN2CCN(C)CC2)=C(C(=O)O)C1c1ccc(C(F)(F)F)cc1. The average molecular weight is 594 g/mol. The van der Waals surface area contributed by atoms with E-state index in [0.29, 0.717) is 42.9 Å². The Balaban J connectivity index is 1.77. The van der Waals surface area contributed by atoms with Crippen LogP contribution in [0.2, 0.25) is 0 Å². The fraction of sp³-hybridized carbons (Fsp3) is 0.600. The van der Waals surface area contributed by atoms with Crippen LogP contribution >= 0.6 is 0 Å². The van der Waals surface area contributed by atoms with Crippen LogP contribution in [-0.2, 0) is 20.5 Å². The van der Waals surface area contributed by atoms with E-state index >= 15 is 0 Å². The number of ether oxygens (including phenoxy) is 1. The van der Waals surface area contributed by atoms with Crippen molar-refractivity contribution in [1.82, 2.24) is 24.5 Å². The quantitative estimate of drug-likeness (QED) is 0.435. The Hall–Kier alpha value is -2.93. The maximum atomic E-state index is 13.4. The molecule has 3 aliphatic rings. The minimum Gasteiger partial charge on any atom is -0.478 e. The molecule has 0 radical (unpaired) electrons. The molecule has 0 saturated carbocycles. The third kappa shape index (κ3) is 7.34. The van der Waals surface area contributed by atoms with Crippen LogP contribution in [0.3, 0.4) is 0 Å². The Bertz CT molecular complexity index is 1180. The van der Waals surface area contributed by atoms with Crippen molar-refractivity contribution in [1.29, 1.82) is 0 Å². The zero-order valence-electron chi connectivity index (χ0n) is 24.9. The molecule has 232 valence electrons. The summed E-state index contributed by atoms with van der Waals surface area (Å²) in [6.07, 6.45) is -3.66. The van der Waals surface area contributed by atoms with E-state index in [4.69, 9.17) is 4.74 Å². The zero-order chi connectivity index (χ0) is 30.6. The van der Waals surface area contributed by atoms with E-state index in [1.54, 1.807) is 7.05 Å². The lowest BCUT2D eigenvalue weighted by Gasteiger charge is -2.40. The van der Waals surface area contributed by atoms with Gasteiger partial charge in [0, 0.05) is 96.7 Å². The van der Waals surface area contributed by atoms with Crippen LogP contribution in [-0.4, -0.2) is 135 Å². The summed E-state index contributed by atoms with van der Waals surface area (Å²) in [6.45, 7) is 8.42. The van der Waals surface area contributed by atoms with Crippen molar-refractivity contribution in [3.05, 3.63) is 57.9 Å². The lowest BCUT2D eigenvalue weighted by molar-refractivity contribution is -0.138. The van der Waals surface area contributed by atoms with E-state index in [0.717, 1.165) is 64.5 Å². The Kier molecular flexibility index (Phi) is 10.3. The molecule has 4 rings (SSSR count). The molecular weight excluding hydrogens is 551 g/mol. The first kappa shape index (κ1) is 32.0. The molecule has 2 fully saturated rings. The predicted octanol–water partition coefficient (Wildman–Crippen LogP) is 2.78. The molecule has 0 bridgehead atoms. The van der Waals surface area contributed by atoms with Gasteiger partial charge in [0.05, 0.1) is 29.7 Å². The van der Waals surface area contributed by atoms with E-state index < -0.39 is 29.6 Å².